The maximum absolute atomic E-state index is 13.2. The SMILES string of the molecule is O=C(/C=C/c1ccccc1)C1=C(O)C(=O)N(c2cccc(C(=O)O)c2)C1c1ccc([N+](=O)[O-])cc1. The Kier molecular flexibility index (Phi) is 6.23. The molecule has 174 valence electrons. The van der Waals surface area contributed by atoms with Crippen molar-refractivity contribution in [3.05, 3.63) is 123 Å². The van der Waals surface area contributed by atoms with E-state index in [0.717, 1.165) is 10.5 Å². The first-order valence-corrected chi connectivity index (χ1v) is 10.4. The van der Waals surface area contributed by atoms with Crippen molar-refractivity contribution in [1.82, 2.24) is 0 Å². The quantitative estimate of drug-likeness (QED) is 0.295. The third-order valence-corrected chi connectivity index (χ3v) is 5.49. The van der Waals surface area contributed by atoms with Crippen LogP contribution in [0.2, 0.25) is 0 Å². The van der Waals surface area contributed by atoms with Crippen molar-refractivity contribution < 1.29 is 29.5 Å². The second-order valence-corrected chi connectivity index (χ2v) is 7.65. The summed E-state index contributed by atoms with van der Waals surface area (Å²) in [5.41, 5.74) is 0.674. The summed E-state index contributed by atoms with van der Waals surface area (Å²) >= 11 is 0. The number of benzene rings is 3. The number of carbonyl (C=O) groups excluding carboxylic acids is 2. The molecule has 9 heteroatoms. The molecule has 0 aromatic heterocycles. The number of carbonyl (C=O) groups is 3. The van der Waals surface area contributed by atoms with Crippen LogP contribution in [0.25, 0.3) is 6.08 Å². The van der Waals surface area contributed by atoms with Gasteiger partial charge in [0.2, 0.25) is 0 Å². The van der Waals surface area contributed by atoms with Crippen LogP contribution in [0.15, 0.2) is 96.3 Å². The standard InChI is InChI=1S/C26H18N2O7/c29-21(14-9-16-5-2-1-3-6-16)22-23(17-10-12-19(13-11-17)28(34)35)27(25(31)24(22)30)20-8-4-7-18(15-20)26(32)33/h1-15,23,30H,(H,32,33)/b14-9+. The molecule has 1 aliphatic rings. The van der Waals surface area contributed by atoms with Crippen LogP contribution < -0.4 is 4.90 Å². The molecule has 4 rings (SSSR count). The summed E-state index contributed by atoms with van der Waals surface area (Å²) in [6.07, 6.45) is 2.76. The van der Waals surface area contributed by atoms with Gasteiger partial charge in [0.05, 0.1) is 22.1 Å². The van der Waals surface area contributed by atoms with Crippen LogP contribution in [-0.2, 0) is 9.59 Å². The Morgan fingerprint density at radius 2 is 1.66 bits per heavy atom. The second kappa shape index (κ2) is 9.44. The molecular formula is C26H18N2O7. The van der Waals surface area contributed by atoms with Gasteiger partial charge in [-0.05, 0) is 47.5 Å². The summed E-state index contributed by atoms with van der Waals surface area (Å²) in [6.45, 7) is 0. The van der Waals surface area contributed by atoms with E-state index in [-0.39, 0.29) is 22.5 Å². The van der Waals surface area contributed by atoms with E-state index in [1.54, 1.807) is 24.3 Å². The van der Waals surface area contributed by atoms with Crippen LogP contribution in [0.5, 0.6) is 0 Å². The fourth-order valence-electron chi connectivity index (χ4n) is 3.83. The second-order valence-electron chi connectivity index (χ2n) is 7.65. The molecule has 0 fully saturated rings. The molecule has 1 atom stereocenters. The number of aliphatic hydroxyl groups is 1. The Balaban J connectivity index is 1.82. The van der Waals surface area contributed by atoms with Crippen LogP contribution >= 0.6 is 0 Å². The highest BCUT2D eigenvalue weighted by atomic mass is 16.6. The predicted molar refractivity (Wildman–Crippen MR) is 127 cm³/mol. The Labute approximate surface area is 199 Å². The molecule has 1 heterocycles. The van der Waals surface area contributed by atoms with E-state index < -0.39 is 34.4 Å². The third kappa shape index (κ3) is 4.55. The lowest BCUT2D eigenvalue weighted by Gasteiger charge is -2.27. The first kappa shape index (κ1) is 23.1. The number of rotatable bonds is 7. The van der Waals surface area contributed by atoms with E-state index in [4.69, 9.17) is 0 Å². The highest BCUT2D eigenvalue weighted by Crippen LogP contribution is 2.41. The number of non-ortho nitro benzene ring substituents is 1. The summed E-state index contributed by atoms with van der Waals surface area (Å²) in [6, 6.07) is 18.5. The lowest BCUT2D eigenvalue weighted by molar-refractivity contribution is -0.384. The van der Waals surface area contributed by atoms with E-state index in [0.29, 0.717) is 5.56 Å². The lowest BCUT2D eigenvalue weighted by atomic mass is 9.95. The molecule has 35 heavy (non-hydrogen) atoms. The highest BCUT2D eigenvalue weighted by Gasteiger charge is 2.44. The first-order chi connectivity index (χ1) is 16.8. The third-order valence-electron chi connectivity index (χ3n) is 5.49. The minimum atomic E-state index is -1.22. The van der Waals surface area contributed by atoms with Crippen molar-refractivity contribution in [2.24, 2.45) is 0 Å². The average molecular weight is 470 g/mol. The Morgan fingerprint density at radius 1 is 0.971 bits per heavy atom. The van der Waals surface area contributed by atoms with Crippen LogP contribution in [-0.4, -0.2) is 32.8 Å². The molecule has 0 saturated carbocycles. The molecule has 0 spiro atoms. The topological polar surface area (TPSA) is 138 Å². The summed E-state index contributed by atoms with van der Waals surface area (Å²) < 4.78 is 0. The van der Waals surface area contributed by atoms with Crippen molar-refractivity contribution in [3.63, 3.8) is 0 Å². The maximum atomic E-state index is 13.2. The molecule has 0 bridgehead atoms. The van der Waals surface area contributed by atoms with Gasteiger partial charge in [0.1, 0.15) is 0 Å². The van der Waals surface area contributed by atoms with Gasteiger partial charge in [-0.25, -0.2) is 4.79 Å². The lowest BCUT2D eigenvalue weighted by Crippen LogP contribution is -2.31. The van der Waals surface area contributed by atoms with Crippen LogP contribution in [0.4, 0.5) is 11.4 Å². The number of amides is 1. The van der Waals surface area contributed by atoms with Gasteiger partial charge in [-0.2, -0.15) is 0 Å². The van der Waals surface area contributed by atoms with Crippen molar-refractivity contribution >= 4 is 35.1 Å². The van der Waals surface area contributed by atoms with Crippen LogP contribution in [0.1, 0.15) is 27.5 Å². The van der Waals surface area contributed by atoms with Crippen LogP contribution in [0, 0.1) is 10.1 Å². The number of carboxylic acids is 1. The van der Waals surface area contributed by atoms with E-state index >= 15 is 0 Å². The Hall–Kier alpha value is -5.05. The molecule has 1 amide bonds. The predicted octanol–water partition coefficient (Wildman–Crippen LogP) is 4.48. The summed E-state index contributed by atoms with van der Waals surface area (Å²) in [5.74, 6) is -3.53. The highest BCUT2D eigenvalue weighted by molar-refractivity contribution is 6.20. The number of aromatic carboxylic acids is 1. The molecule has 9 nitrogen and oxygen atoms in total. The van der Waals surface area contributed by atoms with Crippen molar-refractivity contribution in [1.29, 1.82) is 0 Å². The number of hydrogen-bond donors (Lipinski definition) is 2. The average Bonchev–Trinajstić information content (AvgIpc) is 3.13. The normalized spacial score (nSPS) is 15.6. The van der Waals surface area contributed by atoms with Gasteiger partial charge in [0.15, 0.2) is 11.5 Å². The van der Waals surface area contributed by atoms with Gasteiger partial charge in [-0.3, -0.25) is 24.6 Å². The molecule has 3 aromatic rings. The minimum Gasteiger partial charge on any atom is -0.503 e. The van der Waals surface area contributed by atoms with Gasteiger partial charge in [0.25, 0.3) is 11.6 Å². The van der Waals surface area contributed by atoms with E-state index in [9.17, 15) is 34.7 Å². The van der Waals surface area contributed by atoms with Crippen molar-refractivity contribution in [2.75, 3.05) is 4.90 Å². The molecular weight excluding hydrogens is 452 g/mol. The number of allylic oxidation sites excluding steroid dienone is 1. The Morgan fingerprint density at radius 3 is 2.29 bits per heavy atom. The van der Waals surface area contributed by atoms with Crippen molar-refractivity contribution in [2.45, 2.75) is 6.04 Å². The smallest absolute Gasteiger partial charge is 0.335 e. The van der Waals surface area contributed by atoms with Crippen molar-refractivity contribution in [3.8, 4) is 0 Å². The molecule has 0 aliphatic carbocycles. The van der Waals surface area contributed by atoms with Crippen LogP contribution in [0.3, 0.4) is 0 Å². The number of ketones is 1. The minimum absolute atomic E-state index is 0.0963. The maximum Gasteiger partial charge on any atom is 0.335 e. The summed E-state index contributed by atoms with van der Waals surface area (Å²) in [7, 11) is 0. The zero-order valence-corrected chi connectivity index (χ0v) is 18.1. The van der Waals surface area contributed by atoms with E-state index in [2.05, 4.69) is 0 Å². The first-order valence-electron chi connectivity index (χ1n) is 10.4. The number of aliphatic hydroxyl groups excluding tert-OH is 1. The fourth-order valence-corrected chi connectivity index (χ4v) is 3.83. The van der Waals surface area contributed by atoms with E-state index in [1.165, 1.54) is 60.7 Å². The zero-order chi connectivity index (χ0) is 25.1. The van der Waals surface area contributed by atoms with Gasteiger partial charge in [-0.15, -0.1) is 0 Å². The number of carboxylic acid groups (broad SMARTS) is 1. The number of nitrogens with zero attached hydrogens (tertiary/aromatic N) is 2. The number of anilines is 1. The molecule has 2 N–H and O–H groups in total. The molecule has 1 unspecified atom stereocenters. The van der Waals surface area contributed by atoms with Gasteiger partial charge in [-0.1, -0.05) is 42.5 Å². The number of nitro benzene ring substituents is 1. The van der Waals surface area contributed by atoms with Gasteiger partial charge < -0.3 is 10.2 Å². The fraction of sp³-hybridized carbons (Fsp3) is 0.0385. The number of hydrogen-bond acceptors (Lipinski definition) is 6. The molecule has 3 aromatic carbocycles. The van der Waals surface area contributed by atoms with E-state index in [1.807, 2.05) is 6.07 Å². The molecule has 0 radical (unpaired) electrons. The largest absolute Gasteiger partial charge is 0.503 e. The van der Waals surface area contributed by atoms with Gasteiger partial charge in [0, 0.05) is 17.8 Å². The Bertz CT molecular complexity index is 1390. The monoisotopic (exact) mass is 470 g/mol. The number of nitro groups is 1. The summed E-state index contributed by atoms with van der Waals surface area (Å²) in [5, 5.41) is 31.2. The summed E-state index contributed by atoms with van der Waals surface area (Å²) in [4.78, 5) is 49.4. The molecule has 1 aliphatic heterocycles. The zero-order valence-electron chi connectivity index (χ0n) is 18.1. The van der Waals surface area contributed by atoms with Gasteiger partial charge >= 0.3 is 5.97 Å². The molecule has 0 saturated heterocycles.